The number of hydrogen-bond acceptors (Lipinski definition) is 6. The maximum Gasteiger partial charge on any atom is 0.416 e. The first-order valence-corrected chi connectivity index (χ1v) is 8.82. The second-order valence-corrected chi connectivity index (χ2v) is 7.29. The minimum atomic E-state index is -4.49. The van der Waals surface area contributed by atoms with Crippen LogP contribution < -0.4 is 16.2 Å². The van der Waals surface area contributed by atoms with Crippen molar-refractivity contribution in [3.8, 4) is 15.5 Å². The van der Waals surface area contributed by atoms with Crippen LogP contribution in [-0.2, 0) is 12.8 Å². The van der Waals surface area contributed by atoms with E-state index in [2.05, 4.69) is 4.98 Å². The van der Waals surface area contributed by atoms with Crippen molar-refractivity contribution < 1.29 is 22.7 Å². The van der Waals surface area contributed by atoms with Gasteiger partial charge in [0.25, 0.3) is 5.91 Å². The van der Waals surface area contributed by atoms with E-state index < -0.39 is 17.6 Å². The van der Waals surface area contributed by atoms with Crippen LogP contribution in [-0.4, -0.2) is 10.9 Å². The van der Waals surface area contributed by atoms with Crippen molar-refractivity contribution in [1.82, 2.24) is 4.98 Å². The summed E-state index contributed by atoms with van der Waals surface area (Å²) in [5.41, 5.74) is 10.1. The van der Waals surface area contributed by atoms with Gasteiger partial charge in [0.15, 0.2) is 5.13 Å². The number of alkyl halides is 3. The Kier molecular flexibility index (Phi) is 4.88. The van der Waals surface area contributed by atoms with E-state index in [1.54, 1.807) is 12.3 Å². The van der Waals surface area contributed by atoms with Crippen LogP contribution in [0.1, 0.15) is 20.8 Å². The summed E-state index contributed by atoms with van der Waals surface area (Å²) in [5, 5.41) is 0.357. The largest absolute Gasteiger partial charge is 0.487 e. The number of primary amides is 1. The summed E-state index contributed by atoms with van der Waals surface area (Å²) in [5.74, 6) is -0.598. The molecule has 4 N–H and O–H groups in total. The Hall–Kier alpha value is -2.59. The van der Waals surface area contributed by atoms with E-state index in [0.717, 1.165) is 17.4 Å². The number of aromatic nitrogens is 1. The molecule has 3 rings (SSSR count). The van der Waals surface area contributed by atoms with E-state index in [1.165, 1.54) is 29.5 Å². The molecule has 0 fully saturated rings. The standard InChI is InChI=1S/C16H12F3N3O2S2/c17-16(18,19)9-4-2-1-3-8(9)7-24-10-5-11(25-13(10)14(20)23)12-6-22-15(21)26-12/h1-6H,7H2,(H2,20,23)(H2,21,22). The van der Waals surface area contributed by atoms with Crippen molar-refractivity contribution in [2.45, 2.75) is 12.8 Å². The molecule has 1 amide bonds. The number of nitrogen functional groups attached to an aromatic ring is 1. The van der Waals surface area contributed by atoms with Crippen LogP contribution >= 0.6 is 22.7 Å². The molecule has 0 atom stereocenters. The Morgan fingerprint density at radius 2 is 1.92 bits per heavy atom. The molecule has 136 valence electrons. The number of nitrogens with two attached hydrogens (primary N) is 2. The van der Waals surface area contributed by atoms with Gasteiger partial charge in [0, 0.05) is 17.8 Å². The molecule has 3 aromatic rings. The normalized spacial score (nSPS) is 11.5. The fraction of sp³-hybridized carbons (Fsp3) is 0.125. The Balaban J connectivity index is 1.89. The smallest absolute Gasteiger partial charge is 0.416 e. The first kappa shape index (κ1) is 18.2. The van der Waals surface area contributed by atoms with E-state index >= 15 is 0 Å². The molecular weight excluding hydrogens is 387 g/mol. The fourth-order valence-corrected chi connectivity index (χ4v) is 3.96. The molecule has 5 nitrogen and oxygen atoms in total. The summed E-state index contributed by atoms with van der Waals surface area (Å²) in [4.78, 5) is 17.1. The summed E-state index contributed by atoms with van der Waals surface area (Å²) >= 11 is 2.29. The minimum Gasteiger partial charge on any atom is -0.487 e. The number of carbonyl (C=O) groups excluding carboxylic acids is 1. The number of halogens is 3. The second-order valence-electron chi connectivity index (χ2n) is 5.17. The van der Waals surface area contributed by atoms with Crippen LogP contribution in [0.15, 0.2) is 36.5 Å². The van der Waals surface area contributed by atoms with Gasteiger partial charge in [-0.3, -0.25) is 4.79 Å². The molecular formula is C16H12F3N3O2S2. The molecule has 26 heavy (non-hydrogen) atoms. The molecule has 0 aliphatic rings. The molecule has 0 saturated carbocycles. The second kappa shape index (κ2) is 6.96. The van der Waals surface area contributed by atoms with Gasteiger partial charge in [-0.15, -0.1) is 11.3 Å². The van der Waals surface area contributed by atoms with Crippen molar-refractivity contribution in [2.75, 3.05) is 5.73 Å². The number of carbonyl (C=O) groups is 1. The quantitative estimate of drug-likeness (QED) is 0.674. The highest BCUT2D eigenvalue weighted by Gasteiger charge is 2.33. The van der Waals surface area contributed by atoms with Crippen LogP contribution in [0.4, 0.5) is 18.3 Å². The highest BCUT2D eigenvalue weighted by Crippen LogP contribution is 2.39. The van der Waals surface area contributed by atoms with Crippen molar-refractivity contribution >= 4 is 33.7 Å². The Labute approximate surface area is 154 Å². The van der Waals surface area contributed by atoms with Gasteiger partial charge in [0.05, 0.1) is 15.3 Å². The van der Waals surface area contributed by atoms with E-state index in [0.29, 0.717) is 14.9 Å². The van der Waals surface area contributed by atoms with Crippen molar-refractivity contribution in [3.05, 3.63) is 52.5 Å². The zero-order valence-electron chi connectivity index (χ0n) is 13.0. The number of amides is 1. The van der Waals surface area contributed by atoms with E-state index in [9.17, 15) is 18.0 Å². The topological polar surface area (TPSA) is 91.2 Å². The first-order chi connectivity index (χ1) is 12.3. The monoisotopic (exact) mass is 399 g/mol. The maximum atomic E-state index is 13.1. The molecule has 0 aliphatic carbocycles. The first-order valence-electron chi connectivity index (χ1n) is 7.19. The molecule has 0 saturated heterocycles. The number of ether oxygens (including phenoxy) is 1. The maximum absolute atomic E-state index is 13.1. The van der Waals surface area contributed by atoms with Crippen LogP contribution in [0.5, 0.6) is 5.75 Å². The number of hydrogen-bond donors (Lipinski definition) is 2. The molecule has 0 radical (unpaired) electrons. The zero-order valence-corrected chi connectivity index (χ0v) is 14.7. The molecule has 0 spiro atoms. The van der Waals surface area contributed by atoms with E-state index in [1.807, 2.05) is 0 Å². The predicted octanol–water partition coefficient (Wildman–Crippen LogP) is 4.15. The number of thiazole rings is 1. The van der Waals surface area contributed by atoms with Crippen LogP contribution in [0.25, 0.3) is 9.75 Å². The summed E-state index contributed by atoms with van der Waals surface area (Å²) in [6, 6.07) is 6.64. The van der Waals surface area contributed by atoms with Crippen molar-refractivity contribution in [2.24, 2.45) is 5.73 Å². The fourth-order valence-electron chi connectivity index (χ4n) is 2.25. The van der Waals surface area contributed by atoms with Gasteiger partial charge in [-0.05, 0) is 6.07 Å². The van der Waals surface area contributed by atoms with Gasteiger partial charge < -0.3 is 16.2 Å². The van der Waals surface area contributed by atoms with Gasteiger partial charge >= 0.3 is 6.18 Å². The number of anilines is 1. The molecule has 10 heteroatoms. The third-order valence-corrected chi connectivity index (χ3v) is 5.55. The van der Waals surface area contributed by atoms with Gasteiger partial charge in [-0.25, -0.2) is 4.98 Å². The molecule has 2 aromatic heterocycles. The van der Waals surface area contributed by atoms with Crippen molar-refractivity contribution in [1.29, 1.82) is 0 Å². The summed E-state index contributed by atoms with van der Waals surface area (Å²) in [7, 11) is 0. The Bertz CT molecular complexity index is 950. The lowest BCUT2D eigenvalue weighted by molar-refractivity contribution is -0.138. The number of thiophene rings is 1. The van der Waals surface area contributed by atoms with Gasteiger partial charge in [0.1, 0.15) is 17.2 Å². The lowest BCUT2D eigenvalue weighted by Crippen LogP contribution is -2.13. The highest BCUT2D eigenvalue weighted by molar-refractivity contribution is 7.24. The third kappa shape index (κ3) is 3.81. The highest BCUT2D eigenvalue weighted by atomic mass is 32.1. The zero-order chi connectivity index (χ0) is 18.9. The third-order valence-electron chi connectivity index (χ3n) is 3.39. The average molecular weight is 399 g/mol. The average Bonchev–Trinajstić information content (AvgIpc) is 3.18. The minimum absolute atomic E-state index is 0.0368. The molecule has 0 unspecified atom stereocenters. The Morgan fingerprint density at radius 1 is 1.19 bits per heavy atom. The Morgan fingerprint density at radius 3 is 2.54 bits per heavy atom. The molecule has 2 heterocycles. The SMILES string of the molecule is NC(=O)c1sc(-c2cnc(N)s2)cc1OCc1ccccc1C(F)(F)F. The van der Waals surface area contributed by atoms with E-state index in [-0.39, 0.29) is 22.8 Å². The summed E-state index contributed by atoms with van der Waals surface area (Å²) in [6.45, 7) is -0.350. The summed E-state index contributed by atoms with van der Waals surface area (Å²) in [6.07, 6.45) is -2.95. The number of nitrogens with zero attached hydrogens (tertiary/aromatic N) is 1. The van der Waals surface area contributed by atoms with Crippen molar-refractivity contribution in [3.63, 3.8) is 0 Å². The lowest BCUT2D eigenvalue weighted by Gasteiger charge is -2.13. The van der Waals surface area contributed by atoms with Crippen LogP contribution in [0, 0.1) is 0 Å². The lowest BCUT2D eigenvalue weighted by atomic mass is 10.1. The molecule has 1 aromatic carbocycles. The molecule has 0 aliphatic heterocycles. The van der Waals surface area contributed by atoms with Crippen LogP contribution in [0.3, 0.4) is 0 Å². The van der Waals surface area contributed by atoms with E-state index in [4.69, 9.17) is 16.2 Å². The van der Waals surface area contributed by atoms with Crippen LogP contribution in [0.2, 0.25) is 0 Å². The van der Waals surface area contributed by atoms with Gasteiger partial charge in [-0.2, -0.15) is 13.2 Å². The van der Waals surface area contributed by atoms with Gasteiger partial charge in [0.2, 0.25) is 0 Å². The molecule has 0 bridgehead atoms. The summed E-state index contributed by atoms with van der Waals surface area (Å²) < 4.78 is 44.7. The number of benzene rings is 1. The van der Waals surface area contributed by atoms with Gasteiger partial charge in [-0.1, -0.05) is 29.5 Å². The number of rotatable bonds is 5. The predicted molar refractivity (Wildman–Crippen MR) is 94.1 cm³/mol.